The van der Waals surface area contributed by atoms with E-state index in [1.807, 2.05) is 0 Å². The number of benzene rings is 4. The normalized spacial score (nSPS) is 10.8. The zero-order chi connectivity index (χ0) is 33.5. The van der Waals surface area contributed by atoms with Crippen LogP contribution in [0.5, 0.6) is 11.5 Å². The molecule has 1 amide bonds. The van der Waals surface area contributed by atoms with Gasteiger partial charge in [-0.3, -0.25) is 14.9 Å². The van der Waals surface area contributed by atoms with Crippen LogP contribution in [0.2, 0.25) is 0 Å². The average Bonchev–Trinajstić information content (AvgIpc) is 2.95. The van der Waals surface area contributed by atoms with Gasteiger partial charge in [-0.1, -0.05) is 17.5 Å². The number of nitrogen functional groups attached to an aromatic ring is 1. The number of ether oxygens (including phenoxy) is 1. The minimum atomic E-state index is -4.79. The van der Waals surface area contributed by atoms with Crippen LogP contribution in [0.1, 0.15) is 6.92 Å². The van der Waals surface area contributed by atoms with Crippen molar-refractivity contribution in [1.29, 1.82) is 0 Å². The quantitative estimate of drug-likeness (QED) is 0.0369. The number of methoxy groups -OCH3 is 1. The van der Waals surface area contributed by atoms with Crippen LogP contribution in [0.4, 0.5) is 39.8 Å². The van der Waals surface area contributed by atoms with Crippen LogP contribution in [0.15, 0.2) is 79.9 Å². The fourth-order valence-electron chi connectivity index (χ4n) is 3.66. The molecule has 4 rings (SSSR count). The third kappa shape index (κ3) is 11.0. The monoisotopic (exact) mass is 671 g/mol. The number of aromatic hydroxyl groups is 1. The summed E-state index contributed by atoms with van der Waals surface area (Å²) in [5, 5.41) is 40.7. The Labute approximate surface area is 291 Å². The molecule has 0 bridgehead atoms. The van der Waals surface area contributed by atoms with E-state index in [1.165, 1.54) is 56.5 Å². The van der Waals surface area contributed by atoms with E-state index in [4.69, 9.17) is 23.1 Å². The number of fused-ring (bicyclic) bond motifs is 1. The number of amides is 1. The van der Waals surface area contributed by atoms with Gasteiger partial charge < -0.3 is 25.4 Å². The number of carbonyl (C=O) groups is 1. The van der Waals surface area contributed by atoms with Crippen molar-refractivity contribution in [3.8, 4) is 11.5 Å². The molecule has 0 aromatic heterocycles. The van der Waals surface area contributed by atoms with Crippen molar-refractivity contribution in [2.24, 2.45) is 20.5 Å². The maximum atomic E-state index is 11.8. The zero-order valence-corrected chi connectivity index (χ0v) is 26.5. The third-order valence-electron chi connectivity index (χ3n) is 5.47. The fraction of sp³-hybridized carbons (Fsp3) is 0.0800. The molecule has 4 aromatic rings. The smallest absolute Gasteiger partial charge is 0.744 e. The zero-order valence-electron chi connectivity index (χ0n) is 24.9. The van der Waals surface area contributed by atoms with Gasteiger partial charge in [-0.05, 0) is 18.2 Å². The van der Waals surface area contributed by atoms with Gasteiger partial charge in [0.2, 0.25) is 5.91 Å². The second kappa shape index (κ2) is 17.3. The Morgan fingerprint density at radius 3 is 2.26 bits per heavy atom. The maximum Gasteiger partial charge on any atom is 1.00 e. The van der Waals surface area contributed by atoms with Crippen molar-refractivity contribution >= 4 is 77.2 Å². The molecular weight excluding hydrogens is 652 g/mol. The molecule has 0 fully saturated rings. The van der Waals surface area contributed by atoms with Crippen LogP contribution >= 0.6 is 0 Å². The molecule has 0 saturated heterocycles. The van der Waals surface area contributed by atoms with Gasteiger partial charge in [0.25, 0.3) is 5.69 Å². The van der Waals surface area contributed by atoms with Crippen LogP contribution in [-0.4, -0.2) is 48.6 Å². The van der Waals surface area contributed by atoms with Crippen molar-refractivity contribution < 1.29 is 82.9 Å². The number of anilines is 2. The second-order valence-electron chi connectivity index (χ2n) is 8.52. The van der Waals surface area contributed by atoms with Gasteiger partial charge in [0, 0.05) is 47.1 Å². The minimum Gasteiger partial charge on any atom is -0.744 e. The van der Waals surface area contributed by atoms with Crippen molar-refractivity contribution in [1.82, 2.24) is 0 Å². The Morgan fingerprint density at radius 2 is 1.68 bits per heavy atom. The summed E-state index contributed by atoms with van der Waals surface area (Å²) in [5.74, 6) is -0.775. The predicted molar refractivity (Wildman–Crippen MR) is 155 cm³/mol. The molecule has 0 aliphatic carbocycles. The van der Waals surface area contributed by atoms with E-state index < -0.39 is 42.2 Å². The minimum absolute atomic E-state index is 0. The van der Waals surface area contributed by atoms with E-state index >= 15 is 0 Å². The van der Waals surface area contributed by atoms with E-state index in [9.17, 15) is 33.0 Å². The fourth-order valence-corrected chi connectivity index (χ4v) is 4.20. The number of nitrogens with two attached hydrogens (primary N) is 1. The molecule has 0 atom stereocenters. The number of nitro groups is 1. The Hall–Kier alpha value is -4.67. The van der Waals surface area contributed by atoms with Crippen molar-refractivity contribution in [2.75, 3.05) is 18.2 Å². The number of hydrogen-bond donors (Lipinski definition) is 3. The summed E-state index contributed by atoms with van der Waals surface area (Å²) in [6.45, 7) is 1.27. The van der Waals surface area contributed by atoms with Crippen molar-refractivity contribution in [2.45, 2.75) is 11.8 Å². The molecule has 0 spiro atoms. The molecule has 0 saturated carbocycles. The molecule has 18 nitrogen and oxygen atoms in total. The summed E-state index contributed by atoms with van der Waals surface area (Å²) in [5.41, 5.74) is 5.95. The van der Waals surface area contributed by atoms with Crippen LogP contribution < -0.4 is 53.5 Å². The SMILES string of the molecule is COc1cc(N=Nc2cccc([N+](=O)[O-])c2)c(NC(C)=O)cc1N=Nc1[c-]cc2cc(S(=O)(=O)[O-])cc(N)c2c1O.O=S(=O)=O.[Li+].[Li+]. The number of hydrogen-bond acceptors (Lipinski definition) is 16. The summed E-state index contributed by atoms with van der Waals surface area (Å²) in [6, 6.07) is 14.2. The van der Waals surface area contributed by atoms with E-state index in [1.54, 1.807) is 0 Å². The van der Waals surface area contributed by atoms with E-state index in [2.05, 4.69) is 31.8 Å². The number of azo groups is 2. The van der Waals surface area contributed by atoms with E-state index in [-0.39, 0.29) is 94.1 Å². The number of nitrogens with one attached hydrogen (secondary N) is 1. The first-order valence-corrected chi connectivity index (χ1v) is 14.3. The van der Waals surface area contributed by atoms with Gasteiger partial charge in [-0.2, -0.15) is 22.4 Å². The Morgan fingerprint density at radius 1 is 1.04 bits per heavy atom. The number of rotatable bonds is 8. The number of nitro benzene ring substituents is 1. The van der Waals surface area contributed by atoms with Gasteiger partial charge in [0.05, 0.1) is 23.4 Å². The maximum absolute atomic E-state index is 11.8. The van der Waals surface area contributed by atoms with Gasteiger partial charge in [0.1, 0.15) is 27.2 Å². The number of phenolic OH excluding ortho intramolecular Hbond substituents is 1. The Balaban J connectivity index is 0.00000174. The van der Waals surface area contributed by atoms with Gasteiger partial charge in [-0.25, -0.2) is 8.42 Å². The standard InChI is InChI=1S/C25H20N7O8S.2Li.O3S/c1-13(33)27-20-11-22(23(40-2)12-21(20)30-28-15-4-3-5-16(9-15)32(35)36)31-29-19-7-6-14-8-17(41(37,38)39)10-18(26)24(14)25(19)34;;;1-4(2)3/h3-6,8-12,34H,26H2,1-2H3,(H,27,33)(H,37,38,39);;;/q-1;2*+1;/p-1. The van der Waals surface area contributed by atoms with Gasteiger partial charge >= 0.3 is 48.3 Å². The first-order chi connectivity index (χ1) is 21.1. The molecule has 4 N–H and O–H groups in total. The average molecular weight is 671 g/mol. The van der Waals surface area contributed by atoms with Crippen LogP contribution in [0.3, 0.4) is 0 Å². The predicted octanol–water partition coefficient (Wildman–Crippen LogP) is -1.46. The van der Waals surface area contributed by atoms with Gasteiger partial charge in [0.15, 0.2) is 0 Å². The molecular formula is C25H19Li2N7O11S2. The number of phenols is 1. The molecule has 4 aromatic carbocycles. The summed E-state index contributed by atoms with van der Waals surface area (Å²) in [4.78, 5) is 21.7. The molecule has 0 aliphatic rings. The number of carbonyl (C=O) groups excluding carboxylic acids is 1. The summed E-state index contributed by atoms with van der Waals surface area (Å²) in [7, 11) is -6.56. The topological polar surface area (TPSA) is 286 Å². The van der Waals surface area contributed by atoms with Crippen molar-refractivity contribution in [3.05, 3.63) is 70.8 Å². The molecule has 0 aliphatic heterocycles. The van der Waals surface area contributed by atoms with Crippen LogP contribution in [0, 0.1) is 16.2 Å². The summed E-state index contributed by atoms with van der Waals surface area (Å²) >= 11 is 0. The molecule has 22 heteroatoms. The number of non-ortho nitro benzene ring substituents is 1. The molecule has 0 unspecified atom stereocenters. The van der Waals surface area contributed by atoms with Crippen LogP contribution in [-0.2, 0) is 25.5 Å². The van der Waals surface area contributed by atoms with Crippen LogP contribution in [0.25, 0.3) is 10.8 Å². The van der Waals surface area contributed by atoms with Gasteiger partial charge in [-0.15, -0.1) is 28.2 Å². The molecule has 0 heterocycles. The Bertz CT molecular complexity index is 2110. The Kier molecular flexibility index (Phi) is 14.9. The van der Waals surface area contributed by atoms with E-state index in [0.717, 1.165) is 12.1 Å². The van der Waals surface area contributed by atoms with E-state index in [0.29, 0.717) is 0 Å². The summed E-state index contributed by atoms with van der Waals surface area (Å²) in [6.07, 6.45) is 0. The van der Waals surface area contributed by atoms with Crippen molar-refractivity contribution in [3.63, 3.8) is 0 Å². The first kappa shape index (κ1) is 40.4. The first-order valence-electron chi connectivity index (χ1n) is 11.9. The molecule has 234 valence electrons. The second-order valence-corrected chi connectivity index (χ2v) is 10.3. The molecule has 47 heavy (non-hydrogen) atoms. The largest absolute Gasteiger partial charge is 1.00 e. The third-order valence-corrected chi connectivity index (χ3v) is 6.28. The number of nitrogens with zero attached hydrogens (tertiary/aromatic N) is 5. The summed E-state index contributed by atoms with van der Waals surface area (Å²) < 4.78 is 64.8. The molecule has 0 radical (unpaired) electrons.